The molecule has 13 nitrogen and oxygen atoms in total. The fourth-order valence-corrected chi connectivity index (χ4v) is 1.84. The van der Waals surface area contributed by atoms with Crippen LogP contribution < -0.4 is 10.6 Å². The third-order valence-electron chi connectivity index (χ3n) is 3.44. The van der Waals surface area contributed by atoms with Crippen molar-refractivity contribution in [2.24, 2.45) is 0 Å². The van der Waals surface area contributed by atoms with Crippen LogP contribution in [0.2, 0.25) is 0 Å². The van der Waals surface area contributed by atoms with Crippen LogP contribution in [0.25, 0.3) is 0 Å². The summed E-state index contributed by atoms with van der Waals surface area (Å²) in [5.41, 5.74) is 0. The molecule has 0 radical (unpaired) electrons. The quantitative estimate of drug-likeness (QED) is 0.0534. The van der Waals surface area contributed by atoms with Gasteiger partial charge in [-0.25, -0.2) is 33.4 Å². The van der Waals surface area contributed by atoms with E-state index in [9.17, 15) is 63.1 Å². The zero-order chi connectivity index (χ0) is 32.8. The molecule has 242 valence electrons. The Morgan fingerprint density at radius 1 is 0.571 bits per heavy atom. The lowest BCUT2D eigenvalue weighted by atomic mass is 10.5. The van der Waals surface area contributed by atoms with Crippen molar-refractivity contribution in [3.8, 4) is 0 Å². The third kappa shape index (κ3) is 15.8. The molecular weight excluding hydrogens is 622 g/mol. The minimum absolute atomic E-state index is 0.530. The Morgan fingerprint density at radius 3 is 1.31 bits per heavy atom. The number of amides is 2. The van der Waals surface area contributed by atoms with Crippen molar-refractivity contribution in [1.82, 2.24) is 10.6 Å². The number of nitrogens with one attached hydrogen (secondary N) is 2. The van der Waals surface area contributed by atoms with Crippen LogP contribution in [0.5, 0.6) is 0 Å². The van der Waals surface area contributed by atoms with Gasteiger partial charge >= 0.3 is 54.9 Å². The standard InChI is InChI=1S/C19H20F10N2O11/c1-3-11(32)36-7-5-30-13(34)38-9-15(20,21)40-17(24,25)18(26,27)42-19(28,29)41-16(22,23)10-39-14(35)31-6-8-37-12(33)4-2/h3-4H,1-2,5-10H2,(H,30,34)(H,31,35). The van der Waals surface area contributed by atoms with Gasteiger partial charge < -0.3 is 29.6 Å². The normalized spacial score (nSPS) is 12.5. The number of alkyl carbamates (subject to hydrolysis) is 2. The smallest absolute Gasteiger partial charge is 0.461 e. The van der Waals surface area contributed by atoms with Crippen LogP contribution in [-0.2, 0) is 42.7 Å². The molecule has 0 aromatic heterocycles. The topological polar surface area (TPSA) is 157 Å². The summed E-state index contributed by atoms with van der Waals surface area (Å²) in [6.07, 6.45) is -32.9. The Morgan fingerprint density at radius 2 is 0.929 bits per heavy atom. The van der Waals surface area contributed by atoms with Gasteiger partial charge in [-0.2, -0.15) is 35.1 Å². The van der Waals surface area contributed by atoms with Crippen LogP contribution in [0.1, 0.15) is 0 Å². The predicted octanol–water partition coefficient (Wildman–Crippen LogP) is 2.87. The monoisotopic (exact) mass is 642 g/mol. The molecule has 42 heavy (non-hydrogen) atoms. The number of hydrogen-bond donors (Lipinski definition) is 2. The Kier molecular flexibility index (Phi) is 14.5. The lowest BCUT2D eigenvalue weighted by Crippen LogP contribution is -2.54. The van der Waals surface area contributed by atoms with Crippen LogP contribution >= 0.6 is 0 Å². The Labute approximate surface area is 227 Å². The largest absolute Gasteiger partial charge is 0.495 e. The number of rotatable bonds is 19. The molecule has 0 unspecified atom stereocenters. The van der Waals surface area contributed by atoms with Crippen LogP contribution in [0.15, 0.2) is 25.3 Å². The van der Waals surface area contributed by atoms with Gasteiger partial charge in [-0.1, -0.05) is 13.2 Å². The van der Waals surface area contributed by atoms with Gasteiger partial charge in [0, 0.05) is 12.2 Å². The number of esters is 2. The number of ether oxygens (including phenoxy) is 7. The molecule has 2 amide bonds. The average Bonchev–Trinajstić information content (AvgIpc) is 2.84. The Bertz CT molecular complexity index is 967. The first-order chi connectivity index (χ1) is 19.1. The van der Waals surface area contributed by atoms with E-state index in [2.05, 4.69) is 46.3 Å². The first kappa shape index (κ1) is 38.1. The molecule has 0 atom stereocenters. The first-order valence-corrected chi connectivity index (χ1v) is 10.5. The van der Waals surface area contributed by atoms with Crippen molar-refractivity contribution in [3.63, 3.8) is 0 Å². The van der Waals surface area contributed by atoms with Gasteiger partial charge in [-0.05, 0) is 0 Å². The van der Waals surface area contributed by atoms with Gasteiger partial charge in [-0.15, -0.1) is 8.78 Å². The SMILES string of the molecule is C=CC(=O)OCCNC(=O)OCC(F)(F)OC(F)(F)OC(F)(F)C(F)(F)OC(F)(F)COC(=O)NCCOC(=O)C=C. The highest BCUT2D eigenvalue weighted by molar-refractivity contribution is 5.81. The maximum Gasteiger partial charge on any atom is 0.495 e. The van der Waals surface area contributed by atoms with Crippen molar-refractivity contribution >= 4 is 24.1 Å². The van der Waals surface area contributed by atoms with Gasteiger partial charge in [0.15, 0.2) is 13.2 Å². The molecule has 0 aromatic rings. The number of hydrogen-bond acceptors (Lipinski definition) is 11. The molecule has 0 aromatic carbocycles. The Balaban J connectivity index is 4.90. The molecule has 23 heteroatoms. The number of halogens is 10. The second kappa shape index (κ2) is 16.0. The van der Waals surface area contributed by atoms with Crippen LogP contribution in [0.3, 0.4) is 0 Å². The number of carbonyl (C=O) groups excluding carboxylic acids is 4. The molecule has 2 N–H and O–H groups in total. The second-order valence-corrected chi connectivity index (χ2v) is 6.83. The molecule has 0 heterocycles. The summed E-state index contributed by atoms with van der Waals surface area (Å²) in [5, 5.41) is 3.32. The number of alkyl halides is 10. The zero-order valence-corrected chi connectivity index (χ0v) is 20.6. The molecule has 0 bridgehead atoms. The predicted molar refractivity (Wildman–Crippen MR) is 109 cm³/mol. The van der Waals surface area contributed by atoms with E-state index in [0.717, 1.165) is 12.2 Å². The summed E-state index contributed by atoms with van der Waals surface area (Å²) in [6.45, 7) is -1.12. The lowest BCUT2D eigenvalue weighted by Gasteiger charge is -2.31. The van der Waals surface area contributed by atoms with E-state index in [-0.39, 0.29) is 0 Å². The highest BCUT2D eigenvalue weighted by Gasteiger charge is 2.69. The van der Waals surface area contributed by atoms with E-state index in [0.29, 0.717) is 0 Å². The van der Waals surface area contributed by atoms with Gasteiger partial charge in [0.05, 0.1) is 13.1 Å². The maximum atomic E-state index is 13.5. The summed E-state index contributed by atoms with van der Waals surface area (Å²) in [5.74, 6) is -1.89. The summed E-state index contributed by atoms with van der Waals surface area (Å²) < 4.78 is 158. The van der Waals surface area contributed by atoms with E-state index in [1.165, 1.54) is 0 Å². The van der Waals surface area contributed by atoms with Crippen molar-refractivity contribution in [1.29, 1.82) is 0 Å². The summed E-state index contributed by atoms with van der Waals surface area (Å²) in [7, 11) is 0. The highest BCUT2D eigenvalue weighted by Crippen LogP contribution is 2.44. The van der Waals surface area contributed by atoms with E-state index in [1.54, 1.807) is 10.6 Å². The minimum atomic E-state index is -6.81. The van der Waals surface area contributed by atoms with Crippen LogP contribution in [0.4, 0.5) is 53.5 Å². The number of carbonyl (C=O) groups is 4. The molecule has 0 aliphatic heterocycles. The third-order valence-corrected chi connectivity index (χ3v) is 3.44. The fourth-order valence-electron chi connectivity index (χ4n) is 1.84. The molecule has 0 saturated carbocycles. The van der Waals surface area contributed by atoms with E-state index in [1.807, 2.05) is 0 Å². The molecular formula is C19H20F10N2O11. The van der Waals surface area contributed by atoms with E-state index in [4.69, 9.17) is 0 Å². The Hall–Kier alpha value is -3.86. The van der Waals surface area contributed by atoms with Gasteiger partial charge in [0.1, 0.15) is 13.2 Å². The molecule has 0 spiro atoms. The summed E-state index contributed by atoms with van der Waals surface area (Å²) >= 11 is 0. The summed E-state index contributed by atoms with van der Waals surface area (Å²) in [4.78, 5) is 43.9. The van der Waals surface area contributed by atoms with Crippen molar-refractivity contribution in [3.05, 3.63) is 25.3 Å². The lowest BCUT2D eigenvalue weighted by molar-refractivity contribution is -0.566. The van der Waals surface area contributed by atoms with Gasteiger partial charge in [0.2, 0.25) is 0 Å². The zero-order valence-electron chi connectivity index (χ0n) is 20.6. The van der Waals surface area contributed by atoms with Crippen LogP contribution in [0, 0.1) is 0 Å². The molecule has 0 saturated heterocycles. The molecule has 0 aliphatic rings. The highest BCUT2D eigenvalue weighted by atomic mass is 19.3. The van der Waals surface area contributed by atoms with Crippen LogP contribution in [-0.4, -0.2) is 94.4 Å². The maximum absolute atomic E-state index is 13.5. The van der Waals surface area contributed by atoms with Crippen molar-refractivity contribution in [2.45, 2.75) is 30.7 Å². The fraction of sp³-hybridized carbons (Fsp3) is 0.579. The average molecular weight is 642 g/mol. The van der Waals surface area contributed by atoms with E-state index >= 15 is 0 Å². The van der Waals surface area contributed by atoms with E-state index < -0.39 is 94.4 Å². The molecule has 0 rings (SSSR count). The van der Waals surface area contributed by atoms with Gasteiger partial charge in [-0.3, -0.25) is 0 Å². The summed E-state index contributed by atoms with van der Waals surface area (Å²) in [6, 6.07) is 0. The molecule has 0 fully saturated rings. The minimum Gasteiger partial charge on any atom is -0.461 e. The van der Waals surface area contributed by atoms with Crippen molar-refractivity contribution < 1.29 is 96.2 Å². The van der Waals surface area contributed by atoms with Crippen molar-refractivity contribution in [2.75, 3.05) is 39.5 Å². The second-order valence-electron chi connectivity index (χ2n) is 6.83. The van der Waals surface area contributed by atoms with Gasteiger partial charge in [0.25, 0.3) is 0 Å². The first-order valence-electron chi connectivity index (χ1n) is 10.5. The molecule has 0 aliphatic carbocycles.